The van der Waals surface area contributed by atoms with Gasteiger partial charge in [0.25, 0.3) is 7.82 Å². The molecule has 3 atom stereocenters. The second-order valence-corrected chi connectivity index (χ2v) is 27.0. The number of nitrogens with one attached hydrogen (secondary N) is 1. The van der Waals surface area contributed by atoms with Crippen molar-refractivity contribution in [1.82, 2.24) is 5.32 Å². The summed E-state index contributed by atoms with van der Waals surface area (Å²) in [5.41, 5.74) is 0. The molecule has 2 N–H and O–H groups in total. The Kier molecular flexibility index (Phi) is 62.3. The topological polar surface area (TPSA) is 108 Å². The van der Waals surface area contributed by atoms with Gasteiger partial charge >= 0.3 is 0 Å². The van der Waals surface area contributed by atoms with Crippen LogP contribution >= 0.6 is 7.82 Å². The van der Waals surface area contributed by atoms with Crippen LogP contribution in [0.4, 0.5) is 0 Å². The Hall–Kier alpha value is -1.80. The Morgan fingerprint density at radius 3 is 1.09 bits per heavy atom. The fourth-order valence-corrected chi connectivity index (χ4v) is 11.5. The molecule has 0 aromatic rings. The Morgan fingerprint density at radius 1 is 0.439 bits per heavy atom. The van der Waals surface area contributed by atoms with Gasteiger partial charge in [-0.05, 0) is 57.8 Å². The normalized spacial score (nSPS) is 14.0. The summed E-state index contributed by atoms with van der Waals surface area (Å²) in [6.07, 6.45) is 87.3. The number of amides is 1. The van der Waals surface area contributed by atoms with E-state index >= 15 is 0 Å². The third kappa shape index (κ3) is 65.7. The Bertz CT molecular complexity index is 1520. The van der Waals surface area contributed by atoms with E-state index in [0.717, 1.165) is 70.6 Å². The molecule has 0 radical (unpaired) electrons. The lowest BCUT2D eigenvalue weighted by Crippen LogP contribution is -2.46. The molecule has 0 aliphatic carbocycles. The minimum Gasteiger partial charge on any atom is -0.756 e. The molecule has 0 aliphatic heterocycles. The largest absolute Gasteiger partial charge is 0.756 e. The summed E-state index contributed by atoms with van der Waals surface area (Å²) in [5, 5.41) is 14.1. The first kappa shape index (κ1) is 80.2. The van der Waals surface area contributed by atoms with Crippen molar-refractivity contribution >= 4 is 13.7 Å². The highest BCUT2D eigenvalue weighted by Gasteiger charge is 2.24. The van der Waals surface area contributed by atoms with Crippen LogP contribution in [-0.2, 0) is 18.4 Å². The van der Waals surface area contributed by atoms with E-state index in [0.29, 0.717) is 23.9 Å². The fraction of sp³-hybridized carbons (Fsp3) is 0.849. The first-order valence-electron chi connectivity index (χ1n) is 35.6. The lowest BCUT2D eigenvalue weighted by molar-refractivity contribution is -0.870. The van der Waals surface area contributed by atoms with E-state index in [9.17, 15) is 19.4 Å². The molecule has 0 aromatic heterocycles. The first-order valence-corrected chi connectivity index (χ1v) is 37.1. The van der Waals surface area contributed by atoms with Crippen LogP contribution in [0.3, 0.4) is 0 Å². The molecule has 3 unspecified atom stereocenters. The van der Waals surface area contributed by atoms with Crippen LogP contribution in [0.15, 0.2) is 60.8 Å². The quantitative estimate of drug-likeness (QED) is 0.0272. The zero-order valence-electron chi connectivity index (χ0n) is 55.2. The number of aliphatic hydroxyl groups excluding tert-OH is 1. The molecular formula is C73H139N2O6P. The number of allylic oxidation sites excluding steroid dienone is 10. The third-order valence-electron chi connectivity index (χ3n) is 16.3. The van der Waals surface area contributed by atoms with E-state index in [4.69, 9.17) is 9.05 Å². The van der Waals surface area contributed by atoms with Gasteiger partial charge in [0.05, 0.1) is 39.9 Å². The minimum absolute atomic E-state index is 0.0135. The van der Waals surface area contributed by atoms with Gasteiger partial charge in [-0.3, -0.25) is 9.36 Å². The Balaban J connectivity index is 3.96. The molecule has 0 spiro atoms. The maximum absolute atomic E-state index is 13.1. The minimum atomic E-state index is -4.58. The number of carbonyl (C=O) groups excluding carboxylic acids is 1. The van der Waals surface area contributed by atoms with Gasteiger partial charge < -0.3 is 28.8 Å². The highest BCUT2D eigenvalue weighted by molar-refractivity contribution is 7.45. The van der Waals surface area contributed by atoms with Crippen molar-refractivity contribution in [3.63, 3.8) is 0 Å². The zero-order valence-corrected chi connectivity index (χ0v) is 56.1. The number of quaternary nitrogens is 1. The molecule has 0 bridgehead atoms. The molecule has 482 valence electrons. The van der Waals surface area contributed by atoms with Crippen LogP contribution in [0.2, 0.25) is 0 Å². The summed E-state index contributed by atoms with van der Waals surface area (Å²) in [4.78, 5) is 25.7. The number of rotatable bonds is 66. The molecule has 9 heteroatoms. The molecule has 0 saturated carbocycles. The number of carbonyl (C=O) groups is 1. The predicted octanol–water partition coefficient (Wildman–Crippen LogP) is 22.1. The van der Waals surface area contributed by atoms with Gasteiger partial charge in [0.2, 0.25) is 5.91 Å². The summed E-state index contributed by atoms with van der Waals surface area (Å²) in [6.45, 7) is 4.66. The summed E-state index contributed by atoms with van der Waals surface area (Å²) < 4.78 is 23.5. The molecule has 8 nitrogen and oxygen atoms in total. The molecule has 82 heavy (non-hydrogen) atoms. The molecule has 1 amide bonds. The highest BCUT2D eigenvalue weighted by atomic mass is 31.2. The van der Waals surface area contributed by atoms with Gasteiger partial charge in [-0.2, -0.15) is 0 Å². The van der Waals surface area contributed by atoms with Gasteiger partial charge in [-0.1, -0.05) is 344 Å². The average Bonchev–Trinajstić information content (AvgIpc) is 3.47. The number of unbranched alkanes of at least 4 members (excludes halogenated alkanes) is 43. The SMILES string of the molecule is CC/C=C\C/C=C\C/C=C\C/C=C\C/C=C\CCCCCCCCCCCCCCCCCCCCCCCC(=O)NC(COP(=O)([O-])OCC[N+](C)(C)C)C(O)CCCCCCCCCCCCCCCCCCCCCCCCC. The van der Waals surface area contributed by atoms with Crippen LogP contribution in [0, 0.1) is 0 Å². The number of phosphoric ester groups is 1. The van der Waals surface area contributed by atoms with Crippen LogP contribution in [-0.4, -0.2) is 68.5 Å². The van der Waals surface area contributed by atoms with E-state index in [2.05, 4.69) is 79.9 Å². The number of nitrogens with zero attached hydrogens (tertiary/aromatic N) is 1. The van der Waals surface area contributed by atoms with Crippen molar-refractivity contribution in [3.05, 3.63) is 60.8 Å². The van der Waals surface area contributed by atoms with E-state index in [1.807, 2.05) is 21.1 Å². The van der Waals surface area contributed by atoms with Gasteiger partial charge in [0.15, 0.2) is 0 Å². The maximum Gasteiger partial charge on any atom is 0.268 e. The number of hydrogen-bond acceptors (Lipinski definition) is 6. The van der Waals surface area contributed by atoms with Crippen molar-refractivity contribution in [2.24, 2.45) is 0 Å². The zero-order chi connectivity index (χ0) is 59.8. The number of likely N-dealkylation sites (N-methyl/N-ethyl adjacent to an activating group) is 1. The molecule has 0 saturated heterocycles. The van der Waals surface area contributed by atoms with Crippen molar-refractivity contribution in [3.8, 4) is 0 Å². The van der Waals surface area contributed by atoms with Gasteiger partial charge in [-0.15, -0.1) is 0 Å². The summed E-state index contributed by atoms with van der Waals surface area (Å²) in [7, 11) is 1.32. The standard InChI is InChI=1S/C73H139N2O6P/c1-6-8-10-12-14-16-18-20-22-24-26-28-30-31-32-33-34-35-36-37-38-39-40-41-42-43-45-47-49-51-53-55-57-59-61-63-65-67-73(77)74-71(70-81-82(78,79)80-69-68-75(3,4)5)72(76)66-64-62-60-58-56-54-52-50-48-46-44-29-27-25-23-21-19-17-15-13-11-9-7-2/h8,10,14,16,20,22,26,28,31-32,71-72,76H,6-7,9,11-13,15,17-19,21,23-25,27,29-30,33-70H2,1-5H3,(H-,74,77,78,79)/b10-8-,16-14-,22-20-,28-26-,32-31-. The number of aliphatic hydroxyl groups is 1. The number of hydrogen-bond donors (Lipinski definition) is 2. The summed E-state index contributed by atoms with van der Waals surface area (Å²) in [6, 6.07) is -0.802. The van der Waals surface area contributed by atoms with Crippen LogP contribution in [0.5, 0.6) is 0 Å². The van der Waals surface area contributed by atoms with Crippen LogP contribution < -0.4 is 10.2 Å². The second kappa shape index (κ2) is 63.7. The molecule has 0 rings (SSSR count). The highest BCUT2D eigenvalue weighted by Crippen LogP contribution is 2.38. The Morgan fingerprint density at radius 2 is 0.744 bits per heavy atom. The molecular weight excluding hydrogens is 1030 g/mol. The molecule has 0 aromatic carbocycles. The molecule has 0 fully saturated rings. The summed E-state index contributed by atoms with van der Waals surface area (Å²) >= 11 is 0. The van der Waals surface area contributed by atoms with E-state index in [-0.39, 0.29) is 19.1 Å². The van der Waals surface area contributed by atoms with Gasteiger partial charge in [0, 0.05) is 6.42 Å². The Labute approximate surface area is 511 Å². The first-order chi connectivity index (χ1) is 40.0. The van der Waals surface area contributed by atoms with E-state index < -0.39 is 20.0 Å². The van der Waals surface area contributed by atoms with Gasteiger partial charge in [-0.25, -0.2) is 0 Å². The third-order valence-corrected chi connectivity index (χ3v) is 17.2. The van der Waals surface area contributed by atoms with Crippen molar-refractivity contribution in [2.75, 3.05) is 40.9 Å². The lowest BCUT2D eigenvalue weighted by Gasteiger charge is -2.30. The average molecular weight is 1170 g/mol. The monoisotopic (exact) mass is 1170 g/mol. The van der Waals surface area contributed by atoms with Crippen molar-refractivity contribution in [1.29, 1.82) is 0 Å². The molecule has 0 aliphatic rings. The van der Waals surface area contributed by atoms with Crippen LogP contribution in [0.1, 0.15) is 348 Å². The number of phosphoric acid groups is 1. The van der Waals surface area contributed by atoms with Crippen molar-refractivity contribution in [2.45, 2.75) is 360 Å². The fourth-order valence-electron chi connectivity index (χ4n) is 10.8. The van der Waals surface area contributed by atoms with Crippen molar-refractivity contribution < 1.29 is 32.9 Å². The van der Waals surface area contributed by atoms with Gasteiger partial charge in [0.1, 0.15) is 13.2 Å². The molecule has 0 heterocycles. The summed E-state index contributed by atoms with van der Waals surface area (Å²) in [5.74, 6) is -0.158. The van der Waals surface area contributed by atoms with E-state index in [1.54, 1.807) is 0 Å². The maximum atomic E-state index is 13.1. The second-order valence-electron chi connectivity index (χ2n) is 25.6. The van der Waals surface area contributed by atoms with E-state index in [1.165, 1.54) is 250 Å². The lowest BCUT2D eigenvalue weighted by atomic mass is 10.0. The van der Waals surface area contributed by atoms with Crippen LogP contribution in [0.25, 0.3) is 0 Å². The smallest absolute Gasteiger partial charge is 0.268 e. The predicted molar refractivity (Wildman–Crippen MR) is 357 cm³/mol.